The summed E-state index contributed by atoms with van der Waals surface area (Å²) in [7, 11) is 4.12. The Bertz CT molecular complexity index is 441. The molecule has 1 aromatic carbocycles. The highest BCUT2D eigenvalue weighted by atomic mass is 15.4. The first-order chi connectivity index (χ1) is 7.32. The van der Waals surface area contributed by atoms with Gasteiger partial charge in [0, 0.05) is 14.1 Å². The van der Waals surface area contributed by atoms with E-state index in [1.54, 1.807) is 0 Å². The van der Waals surface area contributed by atoms with Gasteiger partial charge in [0.25, 0.3) is 0 Å². The van der Waals surface area contributed by atoms with E-state index in [1.807, 2.05) is 0 Å². The maximum absolute atomic E-state index is 4.07. The first-order valence-electron chi connectivity index (χ1n) is 5.63. The fourth-order valence-corrected chi connectivity index (χ4v) is 2.05. The van der Waals surface area contributed by atoms with Gasteiger partial charge in [-0.25, -0.2) is 0 Å². The Hall–Kier alpha value is -1.44. The largest absolute Gasteiger partial charge is 0.330 e. The molecule has 2 heteroatoms. The van der Waals surface area contributed by atoms with Crippen LogP contribution in [0.25, 0.3) is 0 Å². The predicted molar refractivity (Wildman–Crippen MR) is 71.1 cm³/mol. The van der Waals surface area contributed by atoms with Gasteiger partial charge in [-0.3, -0.25) is 0 Å². The third-order valence-corrected chi connectivity index (χ3v) is 3.34. The predicted octanol–water partition coefficient (Wildman–Crippen LogP) is 3.34. The van der Waals surface area contributed by atoms with E-state index in [2.05, 4.69) is 69.4 Å². The topological polar surface area (TPSA) is 6.48 Å². The van der Waals surface area contributed by atoms with E-state index in [9.17, 15) is 0 Å². The first kappa shape index (κ1) is 11.1. The second-order valence-corrected chi connectivity index (χ2v) is 5.49. The van der Waals surface area contributed by atoms with Gasteiger partial charge >= 0.3 is 0 Å². The average molecular weight is 216 g/mol. The van der Waals surface area contributed by atoms with Gasteiger partial charge in [-0.05, 0) is 23.1 Å². The van der Waals surface area contributed by atoms with Crippen LogP contribution in [-0.4, -0.2) is 14.1 Å². The van der Waals surface area contributed by atoms with Gasteiger partial charge in [-0.1, -0.05) is 33.4 Å². The number of benzene rings is 1. The van der Waals surface area contributed by atoms with Gasteiger partial charge in [-0.15, -0.1) is 0 Å². The quantitative estimate of drug-likeness (QED) is 0.656. The Morgan fingerprint density at radius 1 is 1.00 bits per heavy atom. The molecule has 16 heavy (non-hydrogen) atoms. The SMILES string of the molecule is C=C1N(C)c2ccc(C(C)(C)C)cc2N1C. The van der Waals surface area contributed by atoms with Gasteiger partial charge in [0.1, 0.15) is 5.82 Å². The van der Waals surface area contributed by atoms with Crippen LogP contribution in [0.1, 0.15) is 26.3 Å². The van der Waals surface area contributed by atoms with Gasteiger partial charge in [0.05, 0.1) is 11.4 Å². The molecule has 2 nitrogen and oxygen atoms in total. The van der Waals surface area contributed by atoms with Crippen LogP contribution in [0.4, 0.5) is 11.4 Å². The molecule has 0 bridgehead atoms. The fraction of sp³-hybridized carbons (Fsp3) is 0.429. The molecule has 0 fully saturated rings. The third-order valence-electron chi connectivity index (χ3n) is 3.34. The molecule has 86 valence electrons. The average Bonchev–Trinajstić information content (AvgIpc) is 2.43. The summed E-state index contributed by atoms with van der Waals surface area (Å²) in [5.74, 6) is 1.03. The number of hydrogen-bond acceptors (Lipinski definition) is 2. The minimum absolute atomic E-state index is 0.193. The zero-order valence-electron chi connectivity index (χ0n) is 10.8. The summed E-state index contributed by atoms with van der Waals surface area (Å²) in [6.07, 6.45) is 0. The van der Waals surface area contributed by atoms with Crippen molar-refractivity contribution in [3.05, 3.63) is 36.2 Å². The molecule has 0 N–H and O–H groups in total. The van der Waals surface area contributed by atoms with Crippen molar-refractivity contribution in [3.8, 4) is 0 Å². The van der Waals surface area contributed by atoms with E-state index in [1.165, 1.54) is 16.9 Å². The number of anilines is 2. The van der Waals surface area contributed by atoms with Crippen molar-refractivity contribution in [1.82, 2.24) is 0 Å². The zero-order valence-corrected chi connectivity index (χ0v) is 10.8. The smallest absolute Gasteiger partial charge is 0.105 e. The van der Waals surface area contributed by atoms with Crippen LogP contribution in [-0.2, 0) is 5.41 Å². The summed E-state index contributed by atoms with van der Waals surface area (Å²) in [5.41, 5.74) is 4.04. The fourth-order valence-electron chi connectivity index (χ4n) is 2.05. The number of hydrogen-bond donors (Lipinski definition) is 0. The second kappa shape index (κ2) is 3.27. The van der Waals surface area contributed by atoms with E-state index >= 15 is 0 Å². The van der Waals surface area contributed by atoms with Crippen LogP contribution < -0.4 is 9.80 Å². The molecule has 0 saturated heterocycles. The molecule has 0 aliphatic carbocycles. The first-order valence-corrected chi connectivity index (χ1v) is 5.63. The van der Waals surface area contributed by atoms with Crippen molar-refractivity contribution in [2.75, 3.05) is 23.9 Å². The lowest BCUT2D eigenvalue weighted by Crippen LogP contribution is -2.20. The minimum Gasteiger partial charge on any atom is -0.330 e. The minimum atomic E-state index is 0.193. The highest BCUT2D eigenvalue weighted by molar-refractivity contribution is 5.82. The molecule has 1 aromatic rings. The lowest BCUT2D eigenvalue weighted by atomic mass is 9.86. The lowest BCUT2D eigenvalue weighted by molar-refractivity contribution is 0.590. The summed E-state index contributed by atoms with van der Waals surface area (Å²) in [6, 6.07) is 6.66. The Morgan fingerprint density at radius 2 is 1.56 bits per heavy atom. The summed E-state index contributed by atoms with van der Waals surface area (Å²) >= 11 is 0. The molecular formula is C14H20N2. The summed E-state index contributed by atoms with van der Waals surface area (Å²) in [4.78, 5) is 4.27. The Balaban J connectivity index is 2.54. The van der Waals surface area contributed by atoms with Crippen LogP contribution in [0.2, 0.25) is 0 Å². The molecule has 0 aromatic heterocycles. The molecule has 1 heterocycles. The molecular weight excluding hydrogens is 196 g/mol. The monoisotopic (exact) mass is 216 g/mol. The molecule has 0 radical (unpaired) electrons. The maximum atomic E-state index is 4.07. The van der Waals surface area contributed by atoms with E-state index in [4.69, 9.17) is 0 Å². The van der Waals surface area contributed by atoms with Crippen molar-refractivity contribution in [2.24, 2.45) is 0 Å². The number of rotatable bonds is 0. The highest BCUT2D eigenvalue weighted by Crippen LogP contribution is 2.41. The third kappa shape index (κ3) is 1.49. The van der Waals surface area contributed by atoms with Crippen LogP contribution in [0, 0.1) is 0 Å². The van der Waals surface area contributed by atoms with Gasteiger partial charge in [0.15, 0.2) is 0 Å². The molecule has 0 atom stereocenters. The number of nitrogens with zero attached hydrogens (tertiary/aromatic N) is 2. The molecule has 1 aliphatic heterocycles. The van der Waals surface area contributed by atoms with Gasteiger partial charge in [0.2, 0.25) is 0 Å². The second-order valence-electron chi connectivity index (χ2n) is 5.49. The molecule has 0 amide bonds. The Kier molecular flexibility index (Phi) is 2.26. The number of fused-ring (bicyclic) bond motifs is 1. The van der Waals surface area contributed by atoms with Crippen molar-refractivity contribution in [1.29, 1.82) is 0 Å². The van der Waals surface area contributed by atoms with Crippen molar-refractivity contribution in [2.45, 2.75) is 26.2 Å². The maximum Gasteiger partial charge on any atom is 0.105 e. The molecule has 0 unspecified atom stereocenters. The van der Waals surface area contributed by atoms with Crippen LogP contribution in [0.15, 0.2) is 30.6 Å². The Labute approximate surface area is 98.2 Å². The highest BCUT2D eigenvalue weighted by Gasteiger charge is 2.26. The van der Waals surface area contributed by atoms with Crippen LogP contribution >= 0.6 is 0 Å². The molecule has 0 saturated carbocycles. The molecule has 0 spiro atoms. The summed E-state index contributed by atoms with van der Waals surface area (Å²) in [6.45, 7) is 10.8. The van der Waals surface area contributed by atoms with E-state index in [0.717, 1.165) is 5.82 Å². The van der Waals surface area contributed by atoms with Crippen molar-refractivity contribution >= 4 is 11.4 Å². The molecule has 2 rings (SSSR count). The summed E-state index contributed by atoms with van der Waals surface area (Å²) < 4.78 is 0. The standard InChI is InChI=1S/C14H20N2/c1-10-15(5)12-8-7-11(14(2,3)4)9-13(12)16(10)6/h7-9H,1H2,2-6H3. The van der Waals surface area contributed by atoms with Gasteiger partial charge < -0.3 is 9.80 Å². The lowest BCUT2D eigenvalue weighted by Gasteiger charge is -2.21. The molecule has 1 aliphatic rings. The van der Waals surface area contributed by atoms with E-state index < -0.39 is 0 Å². The van der Waals surface area contributed by atoms with E-state index in [0.29, 0.717) is 0 Å². The van der Waals surface area contributed by atoms with Crippen molar-refractivity contribution < 1.29 is 0 Å². The normalized spacial score (nSPS) is 15.7. The van der Waals surface area contributed by atoms with Crippen molar-refractivity contribution in [3.63, 3.8) is 0 Å². The van der Waals surface area contributed by atoms with Crippen LogP contribution in [0.5, 0.6) is 0 Å². The Morgan fingerprint density at radius 3 is 2.12 bits per heavy atom. The van der Waals surface area contributed by atoms with Crippen LogP contribution in [0.3, 0.4) is 0 Å². The zero-order chi connectivity index (χ0) is 12.1. The summed E-state index contributed by atoms with van der Waals surface area (Å²) in [5, 5.41) is 0. The van der Waals surface area contributed by atoms with Gasteiger partial charge in [-0.2, -0.15) is 0 Å². The van der Waals surface area contributed by atoms with E-state index in [-0.39, 0.29) is 5.41 Å².